The van der Waals surface area contributed by atoms with Crippen LogP contribution in [0.1, 0.15) is 22.8 Å². The van der Waals surface area contributed by atoms with E-state index >= 15 is 0 Å². The lowest BCUT2D eigenvalue weighted by Crippen LogP contribution is -2.28. The number of hydrazone groups is 1. The van der Waals surface area contributed by atoms with Crippen molar-refractivity contribution >= 4 is 46.8 Å². The van der Waals surface area contributed by atoms with Crippen molar-refractivity contribution in [3.63, 3.8) is 0 Å². The zero-order valence-electron chi connectivity index (χ0n) is 21.1. The Morgan fingerprint density at radius 2 is 1.68 bits per heavy atom. The normalized spacial score (nSPS) is 10.9. The molecule has 0 saturated carbocycles. The van der Waals surface area contributed by atoms with Gasteiger partial charge in [0.05, 0.1) is 0 Å². The number of amidine groups is 1. The van der Waals surface area contributed by atoms with E-state index in [-0.39, 0.29) is 11.3 Å². The van der Waals surface area contributed by atoms with Crippen molar-refractivity contribution in [3.8, 4) is 11.1 Å². The number of carbonyl (C=O) groups is 3. The number of hydrogen-bond acceptors (Lipinski definition) is 7. The highest BCUT2D eigenvalue weighted by Crippen LogP contribution is 2.28. The quantitative estimate of drug-likeness (QED) is 0.154. The number of rotatable bonds is 9. The van der Waals surface area contributed by atoms with E-state index < -0.39 is 11.8 Å². The number of benzene rings is 3. The van der Waals surface area contributed by atoms with E-state index in [2.05, 4.69) is 15.7 Å². The van der Waals surface area contributed by atoms with Crippen LogP contribution < -0.4 is 21.3 Å². The molecule has 0 atom stereocenters. The summed E-state index contributed by atoms with van der Waals surface area (Å²) in [5.74, 6) is -0.726. The predicted molar refractivity (Wildman–Crippen MR) is 147 cm³/mol. The van der Waals surface area contributed by atoms with E-state index in [1.165, 1.54) is 11.0 Å². The van der Waals surface area contributed by atoms with Gasteiger partial charge in [-0.3, -0.25) is 24.7 Å². The maximum Gasteiger partial charge on any atom is 0.274 e. The average molecular weight is 500 g/mol. The second-order valence-electron chi connectivity index (χ2n) is 8.30. The number of nitrogens with one attached hydrogen (secondary N) is 3. The van der Waals surface area contributed by atoms with Crippen molar-refractivity contribution in [3.05, 3.63) is 77.9 Å². The van der Waals surface area contributed by atoms with Crippen molar-refractivity contribution in [1.29, 1.82) is 5.41 Å². The van der Waals surface area contributed by atoms with Gasteiger partial charge in [-0.25, -0.2) is 0 Å². The van der Waals surface area contributed by atoms with Gasteiger partial charge in [0, 0.05) is 49.3 Å². The summed E-state index contributed by atoms with van der Waals surface area (Å²) in [5.41, 5.74) is 8.94. The lowest BCUT2D eigenvalue weighted by molar-refractivity contribution is -0.110. The number of primary amides is 1. The highest BCUT2D eigenvalue weighted by Gasteiger charge is 2.18. The first-order valence-electron chi connectivity index (χ1n) is 11.3. The number of carbonyl (C=O) groups excluding carboxylic acids is 3. The largest absolute Gasteiger partial charge is 0.388 e. The fraction of sp³-hybridized carbons (Fsp3) is 0.148. The lowest BCUT2D eigenvalue weighted by atomic mass is 9.98. The summed E-state index contributed by atoms with van der Waals surface area (Å²) in [6, 6.07) is 18.9. The molecule has 0 radical (unpaired) electrons. The summed E-state index contributed by atoms with van der Waals surface area (Å²) in [5, 5.41) is 20.1. The molecule has 10 heteroatoms. The second kappa shape index (κ2) is 11.6. The van der Waals surface area contributed by atoms with E-state index in [1.54, 1.807) is 75.5 Å². The molecule has 0 unspecified atom stereocenters. The number of anilines is 3. The van der Waals surface area contributed by atoms with Gasteiger partial charge in [0.25, 0.3) is 5.91 Å². The van der Waals surface area contributed by atoms with Crippen LogP contribution in [0, 0.1) is 5.41 Å². The Balaban J connectivity index is 1.88. The Bertz CT molecular complexity index is 1360. The topological polar surface area (TPSA) is 144 Å². The summed E-state index contributed by atoms with van der Waals surface area (Å²) in [4.78, 5) is 37.4. The van der Waals surface area contributed by atoms with Gasteiger partial charge in [0.15, 0.2) is 0 Å². The van der Waals surface area contributed by atoms with Gasteiger partial charge in [0.2, 0.25) is 12.3 Å². The monoisotopic (exact) mass is 499 g/mol. The van der Waals surface area contributed by atoms with Crippen LogP contribution in [0.2, 0.25) is 0 Å². The minimum absolute atomic E-state index is 0.252. The van der Waals surface area contributed by atoms with Crippen LogP contribution in [-0.4, -0.2) is 55.9 Å². The standard InChI is InChI=1S/C27H29N7O3/c1-17(32-33(3)4)34(16-35)22-11-8-18(9-12-22)19-10-13-24(30-2)23(15-19)25(28)27(37)31-21-7-5-6-20(14-21)26(29)36/h5-16,28,30H,1-4H3,(H2,29,36)(H,31,37)/b28-25?,32-17-. The van der Waals surface area contributed by atoms with Crippen LogP contribution in [-0.2, 0) is 9.59 Å². The Labute approximate surface area is 215 Å². The van der Waals surface area contributed by atoms with Gasteiger partial charge in [-0.15, -0.1) is 0 Å². The molecule has 190 valence electrons. The van der Waals surface area contributed by atoms with Gasteiger partial charge in [-0.05, 0) is 60.5 Å². The number of amides is 3. The molecule has 5 N–H and O–H groups in total. The van der Waals surface area contributed by atoms with E-state index in [0.29, 0.717) is 34.9 Å². The van der Waals surface area contributed by atoms with E-state index in [0.717, 1.165) is 11.1 Å². The average Bonchev–Trinajstić information content (AvgIpc) is 2.88. The zero-order chi connectivity index (χ0) is 27.1. The molecule has 0 fully saturated rings. The zero-order valence-corrected chi connectivity index (χ0v) is 21.1. The van der Waals surface area contributed by atoms with Crippen molar-refractivity contribution in [2.24, 2.45) is 10.8 Å². The van der Waals surface area contributed by atoms with Gasteiger partial charge in [-0.2, -0.15) is 5.10 Å². The third-order valence-corrected chi connectivity index (χ3v) is 5.47. The first-order chi connectivity index (χ1) is 17.6. The van der Waals surface area contributed by atoms with Crippen molar-refractivity contribution in [1.82, 2.24) is 5.01 Å². The van der Waals surface area contributed by atoms with Gasteiger partial charge >= 0.3 is 0 Å². The highest BCUT2D eigenvalue weighted by molar-refractivity contribution is 6.48. The molecule has 0 bridgehead atoms. The molecule has 3 rings (SSSR count). The summed E-state index contributed by atoms with van der Waals surface area (Å²) >= 11 is 0. The van der Waals surface area contributed by atoms with E-state index in [9.17, 15) is 14.4 Å². The van der Waals surface area contributed by atoms with Crippen LogP contribution in [0.4, 0.5) is 17.1 Å². The molecule has 3 amide bonds. The first-order valence-corrected chi connectivity index (χ1v) is 11.3. The smallest absolute Gasteiger partial charge is 0.274 e. The Morgan fingerprint density at radius 1 is 1.00 bits per heavy atom. The summed E-state index contributed by atoms with van der Waals surface area (Å²) in [7, 11) is 5.26. The Kier molecular flexibility index (Phi) is 8.36. The Morgan fingerprint density at radius 3 is 2.27 bits per heavy atom. The Hall–Kier alpha value is -4.99. The third-order valence-electron chi connectivity index (χ3n) is 5.47. The van der Waals surface area contributed by atoms with Crippen molar-refractivity contribution < 1.29 is 14.4 Å². The second-order valence-corrected chi connectivity index (χ2v) is 8.30. The predicted octanol–water partition coefficient (Wildman–Crippen LogP) is 3.36. The van der Waals surface area contributed by atoms with Gasteiger partial charge < -0.3 is 21.4 Å². The minimum Gasteiger partial charge on any atom is -0.388 e. The molecular weight excluding hydrogens is 470 g/mol. The van der Waals surface area contributed by atoms with Crippen LogP contribution in [0.5, 0.6) is 0 Å². The molecule has 37 heavy (non-hydrogen) atoms. The lowest BCUT2D eigenvalue weighted by Gasteiger charge is -2.19. The first kappa shape index (κ1) is 26.6. The van der Waals surface area contributed by atoms with Crippen LogP contribution in [0.3, 0.4) is 0 Å². The molecule has 10 nitrogen and oxygen atoms in total. The van der Waals surface area contributed by atoms with Crippen LogP contribution in [0.25, 0.3) is 11.1 Å². The molecule has 0 aromatic heterocycles. The molecule has 0 aliphatic carbocycles. The van der Waals surface area contributed by atoms with Crippen LogP contribution >= 0.6 is 0 Å². The fourth-order valence-corrected chi connectivity index (χ4v) is 3.69. The molecule has 0 spiro atoms. The molecule has 0 aliphatic heterocycles. The van der Waals surface area contributed by atoms with Crippen molar-refractivity contribution in [2.45, 2.75) is 6.92 Å². The molecule has 0 aliphatic rings. The number of nitrogens with zero attached hydrogens (tertiary/aromatic N) is 3. The summed E-state index contributed by atoms with van der Waals surface area (Å²) < 4.78 is 0. The molecular formula is C27H29N7O3. The maximum absolute atomic E-state index is 12.9. The van der Waals surface area contributed by atoms with E-state index in [1.807, 2.05) is 18.2 Å². The van der Waals surface area contributed by atoms with Crippen LogP contribution in [0.15, 0.2) is 71.8 Å². The molecule has 3 aromatic carbocycles. The van der Waals surface area contributed by atoms with Gasteiger partial charge in [0.1, 0.15) is 11.5 Å². The molecule has 0 heterocycles. The van der Waals surface area contributed by atoms with E-state index in [4.69, 9.17) is 11.1 Å². The third kappa shape index (κ3) is 6.37. The van der Waals surface area contributed by atoms with Gasteiger partial charge in [-0.1, -0.05) is 24.3 Å². The minimum atomic E-state index is -0.636. The number of hydrogen-bond donors (Lipinski definition) is 4. The van der Waals surface area contributed by atoms with Crippen molar-refractivity contribution in [2.75, 3.05) is 36.7 Å². The molecule has 0 saturated heterocycles. The highest BCUT2D eigenvalue weighted by atomic mass is 16.2. The SMILES string of the molecule is CNc1ccc(-c2ccc(N(C=O)/C(C)=N\N(C)C)cc2)cc1C(=N)C(=O)Nc1cccc(C(N)=O)c1. The maximum atomic E-state index is 12.9. The summed E-state index contributed by atoms with van der Waals surface area (Å²) in [6.45, 7) is 1.74. The molecule has 3 aromatic rings. The number of nitrogens with two attached hydrogens (primary N) is 1. The summed E-state index contributed by atoms with van der Waals surface area (Å²) in [6.07, 6.45) is 0.705. The fourth-order valence-electron chi connectivity index (χ4n) is 3.69.